The number of aliphatic imine (C=N–C) groups is 1. The highest BCUT2D eigenvalue weighted by Crippen LogP contribution is 2.18. The lowest BCUT2D eigenvalue weighted by Crippen LogP contribution is -2.45. The van der Waals surface area contributed by atoms with Crippen LogP contribution in [-0.4, -0.2) is 43.6 Å². The molecule has 0 spiro atoms. The standard InChI is InChI=1S/C18H26N4S/c1-19-18(21-16-5-4-12-23-14-16)20-13-15-6-8-17(9-7-15)22-10-2-3-11-22/h2-3,6-9,16H,4-5,10-14H2,1H3,(H2,19,20,21). The van der Waals surface area contributed by atoms with E-state index < -0.39 is 0 Å². The van der Waals surface area contributed by atoms with Crippen molar-refractivity contribution < 1.29 is 0 Å². The Balaban J connectivity index is 1.48. The van der Waals surface area contributed by atoms with Crippen molar-refractivity contribution in [1.29, 1.82) is 0 Å². The van der Waals surface area contributed by atoms with Gasteiger partial charge in [0.1, 0.15) is 0 Å². The Kier molecular flexibility index (Phi) is 5.86. The minimum absolute atomic E-state index is 0.546. The van der Waals surface area contributed by atoms with Crippen molar-refractivity contribution in [3.8, 4) is 0 Å². The summed E-state index contributed by atoms with van der Waals surface area (Å²) in [6, 6.07) is 9.36. The van der Waals surface area contributed by atoms with Gasteiger partial charge in [-0.3, -0.25) is 4.99 Å². The molecule has 23 heavy (non-hydrogen) atoms. The maximum atomic E-state index is 4.35. The average Bonchev–Trinajstić information content (AvgIpc) is 3.14. The van der Waals surface area contributed by atoms with E-state index in [9.17, 15) is 0 Å². The SMILES string of the molecule is CN=C(NCc1ccc(N2CC=CC2)cc1)NC1CCCSC1. The second kappa shape index (κ2) is 8.29. The first-order valence-corrected chi connectivity index (χ1v) is 9.54. The Bertz CT molecular complexity index is 539. The quantitative estimate of drug-likeness (QED) is 0.506. The Morgan fingerprint density at radius 3 is 2.70 bits per heavy atom. The molecule has 1 saturated heterocycles. The van der Waals surface area contributed by atoms with Gasteiger partial charge in [-0.25, -0.2) is 0 Å². The van der Waals surface area contributed by atoms with Crippen LogP contribution < -0.4 is 15.5 Å². The molecular formula is C18H26N4S. The summed E-state index contributed by atoms with van der Waals surface area (Å²) in [5.41, 5.74) is 2.57. The van der Waals surface area contributed by atoms with Crippen LogP contribution in [0, 0.1) is 0 Å². The predicted molar refractivity (Wildman–Crippen MR) is 101 cm³/mol. The largest absolute Gasteiger partial charge is 0.364 e. The van der Waals surface area contributed by atoms with Gasteiger partial charge in [0, 0.05) is 44.2 Å². The third kappa shape index (κ3) is 4.67. The van der Waals surface area contributed by atoms with Gasteiger partial charge in [0.05, 0.1) is 0 Å². The zero-order valence-electron chi connectivity index (χ0n) is 13.8. The van der Waals surface area contributed by atoms with Crippen molar-refractivity contribution in [3.05, 3.63) is 42.0 Å². The lowest BCUT2D eigenvalue weighted by atomic mass is 10.2. The van der Waals surface area contributed by atoms with Crippen LogP contribution in [0.1, 0.15) is 18.4 Å². The Labute approximate surface area is 143 Å². The molecule has 2 N–H and O–H groups in total. The highest BCUT2D eigenvalue weighted by Gasteiger charge is 2.14. The summed E-state index contributed by atoms with van der Waals surface area (Å²) >= 11 is 2.03. The fraction of sp³-hybridized carbons (Fsp3) is 0.500. The molecule has 1 aromatic carbocycles. The third-order valence-corrected chi connectivity index (χ3v) is 5.52. The summed E-state index contributed by atoms with van der Waals surface area (Å²) < 4.78 is 0. The minimum atomic E-state index is 0.546. The van der Waals surface area contributed by atoms with Crippen LogP contribution in [0.2, 0.25) is 0 Å². The smallest absolute Gasteiger partial charge is 0.191 e. The van der Waals surface area contributed by atoms with Crippen LogP contribution in [-0.2, 0) is 6.54 Å². The molecular weight excluding hydrogens is 304 g/mol. The van der Waals surface area contributed by atoms with Crippen molar-refractivity contribution in [2.75, 3.05) is 36.5 Å². The van der Waals surface area contributed by atoms with E-state index in [-0.39, 0.29) is 0 Å². The van der Waals surface area contributed by atoms with Crippen molar-refractivity contribution in [2.45, 2.75) is 25.4 Å². The summed E-state index contributed by atoms with van der Waals surface area (Å²) in [6.07, 6.45) is 6.97. The molecule has 1 atom stereocenters. The summed E-state index contributed by atoms with van der Waals surface area (Å²) in [4.78, 5) is 6.71. The van der Waals surface area contributed by atoms with Gasteiger partial charge in [0.2, 0.25) is 0 Å². The molecule has 1 aromatic rings. The van der Waals surface area contributed by atoms with Crippen LogP contribution in [0.5, 0.6) is 0 Å². The van der Waals surface area contributed by atoms with Crippen molar-refractivity contribution in [1.82, 2.24) is 10.6 Å². The number of hydrogen-bond donors (Lipinski definition) is 2. The molecule has 1 fully saturated rings. The van der Waals surface area contributed by atoms with E-state index in [1.807, 2.05) is 18.8 Å². The summed E-state index contributed by atoms with van der Waals surface area (Å²) in [5, 5.41) is 6.96. The number of guanidine groups is 1. The monoisotopic (exact) mass is 330 g/mol. The van der Waals surface area contributed by atoms with Gasteiger partial charge in [0.15, 0.2) is 5.96 Å². The summed E-state index contributed by atoms with van der Waals surface area (Å²) in [6.45, 7) is 2.85. The molecule has 2 aliphatic heterocycles. The number of hydrogen-bond acceptors (Lipinski definition) is 3. The predicted octanol–water partition coefficient (Wildman–Crippen LogP) is 2.62. The summed E-state index contributed by atoms with van der Waals surface area (Å²) in [5.74, 6) is 3.38. The van der Waals surface area contributed by atoms with Crippen LogP contribution in [0.15, 0.2) is 41.4 Å². The van der Waals surface area contributed by atoms with Crippen LogP contribution in [0.4, 0.5) is 5.69 Å². The van der Waals surface area contributed by atoms with Gasteiger partial charge >= 0.3 is 0 Å². The van der Waals surface area contributed by atoms with Crippen molar-refractivity contribution in [3.63, 3.8) is 0 Å². The highest BCUT2D eigenvalue weighted by molar-refractivity contribution is 7.99. The number of rotatable bonds is 4. The average molecular weight is 331 g/mol. The molecule has 5 heteroatoms. The number of benzene rings is 1. The maximum absolute atomic E-state index is 4.35. The zero-order valence-corrected chi connectivity index (χ0v) is 14.6. The molecule has 4 nitrogen and oxygen atoms in total. The number of nitrogens with one attached hydrogen (secondary N) is 2. The van der Waals surface area contributed by atoms with E-state index in [2.05, 4.69) is 56.9 Å². The second-order valence-electron chi connectivity index (χ2n) is 6.03. The Morgan fingerprint density at radius 1 is 1.26 bits per heavy atom. The fourth-order valence-corrected chi connectivity index (χ4v) is 4.01. The fourth-order valence-electron chi connectivity index (χ4n) is 2.94. The normalized spacial score (nSPS) is 21.5. The maximum Gasteiger partial charge on any atom is 0.191 e. The summed E-state index contributed by atoms with van der Waals surface area (Å²) in [7, 11) is 1.84. The lowest BCUT2D eigenvalue weighted by Gasteiger charge is -2.24. The minimum Gasteiger partial charge on any atom is -0.364 e. The second-order valence-corrected chi connectivity index (χ2v) is 7.18. The molecule has 0 radical (unpaired) electrons. The van der Waals surface area contributed by atoms with Gasteiger partial charge in [-0.15, -0.1) is 0 Å². The van der Waals surface area contributed by atoms with E-state index in [1.54, 1.807) is 0 Å². The Morgan fingerprint density at radius 2 is 2.04 bits per heavy atom. The topological polar surface area (TPSA) is 39.7 Å². The van der Waals surface area contributed by atoms with E-state index in [1.165, 1.54) is 35.6 Å². The molecule has 3 rings (SSSR count). The lowest BCUT2D eigenvalue weighted by molar-refractivity contribution is 0.582. The molecule has 2 heterocycles. The van der Waals surface area contributed by atoms with Crippen molar-refractivity contribution in [2.24, 2.45) is 4.99 Å². The van der Waals surface area contributed by atoms with E-state index >= 15 is 0 Å². The molecule has 2 aliphatic rings. The first-order valence-electron chi connectivity index (χ1n) is 8.39. The van der Waals surface area contributed by atoms with Crippen molar-refractivity contribution >= 4 is 23.4 Å². The number of nitrogens with zero attached hydrogens (tertiary/aromatic N) is 2. The van der Waals surface area contributed by atoms with Gasteiger partial charge in [-0.2, -0.15) is 11.8 Å². The number of anilines is 1. The molecule has 0 bridgehead atoms. The van der Waals surface area contributed by atoms with Gasteiger partial charge in [-0.05, 0) is 36.3 Å². The molecule has 124 valence electrons. The molecule has 1 unspecified atom stereocenters. The van der Waals surface area contributed by atoms with Crippen LogP contribution in [0.25, 0.3) is 0 Å². The van der Waals surface area contributed by atoms with Gasteiger partial charge in [0.25, 0.3) is 0 Å². The van der Waals surface area contributed by atoms with E-state index in [0.717, 1.165) is 25.6 Å². The van der Waals surface area contributed by atoms with E-state index in [4.69, 9.17) is 0 Å². The van der Waals surface area contributed by atoms with E-state index in [0.29, 0.717) is 6.04 Å². The molecule has 0 saturated carbocycles. The molecule has 0 aliphatic carbocycles. The highest BCUT2D eigenvalue weighted by atomic mass is 32.2. The first-order chi connectivity index (χ1) is 11.3. The number of thioether (sulfide) groups is 1. The zero-order chi connectivity index (χ0) is 15.9. The first kappa shape index (κ1) is 16.2. The molecule has 0 amide bonds. The van der Waals surface area contributed by atoms with Crippen LogP contribution >= 0.6 is 11.8 Å². The third-order valence-electron chi connectivity index (χ3n) is 4.30. The molecule has 0 aromatic heterocycles. The Hall–Kier alpha value is -1.62. The van der Waals surface area contributed by atoms with Gasteiger partial charge < -0.3 is 15.5 Å². The van der Waals surface area contributed by atoms with Gasteiger partial charge in [-0.1, -0.05) is 24.3 Å². The van der Waals surface area contributed by atoms with Crippen LogP contribution in [0.3, 0.4) is 0 Å².